The molecule has 0 aliphatic carbocycles. The Balaban J connectivity index is 0.000000791. The smallest absolute Gasteiger partial charge is 0.0256 e. The molecule has 0 spiro atoms. The number of benzene rings is 1. The average molecular weight is 189 g/mol. The maximum absolute atomic E-state index is 7.16. The number of rotatable bonds is 3. The first-order valence-electron chi connectivity index (χ1n) is 5.14. The largest absolute Gasteiger partial charge is 0.308 e. The summed E-state index contributed by atoms with van der Waals surface area (Å²) < 4.78 is 0. The van der Waals surface area contributed by atoms with Gasteiger partial charge in [-0.05, 0) is 17.5 Å². The van der Waals surface area contributed by atoms with Crippen molar-refractivity contribution in [1.29, 1.82) is 5.41 Å². The summed E-state index contributed by atoms with van der Waals surface area (Å²) >= 11 is 0. The summed E-state index contributed by atoms with van der Waals surface area (Å²) in [6.07, 6.45) is 6.57. The van der Waals surface area contributed by atoms with Crippen molar-refractivity contribution in [3.63, 3.8) is 0 Å². The van der Waals surface area contributed by atoms with Crippen molar-refractivity contribution in [3.8, 4) is 0 Å². The van der Waals surface area contributed by atoms with Gasteiger partial charge in [-0.3, -0.25) is 0 Å². The lowest BCUT2D eigenvalue weighted by Gasteiger charge is -1.97. The lowest BCUT2D eigenvalue weighted by Crippen LogP contribution is -1.83. The van der Waals surface area contributed by atoms with Gasteiger partial charge in [-0.25, -0.2) is 0 Å². The standard InChI is InChI=1S/C11H13N.C2H6/c1-2-3-6-10-7-4-5-8-11(10)9-12;1-2/h3-9,12H,2H2,1H3;1-2H3/b6-3-,12-9?;. The van der Waals surface area contributed by atoms with Crippen LogP contribution < -0.4 is 0 Å². The molecule has 0 aromatic heterocycles. The SMILES string of the molecule is CC.CC/C=C\c1ccccc1C=N. The highest BCUT2D eigenvalue weighted by Crippen LogP contribution is 2.08. The van der Waals surface area contributed by atoms with Gasteiger partial charge in [0, 0.05) is 6.21 Å². The third-order valence-electron chi connectivity index (χ3n) is 1.68. The monoisotopic (exact) mass is 189 g/mol. The number of hydrogen-bond donors (Lipinski definition) is 1. The second-order valence-electron chi connectivity index (χ2n) is 2.58. The molecule has 14 heavy (non-hydrogen) atoms. The average Bonchev–Trinajstić information content (AvgIpc) is 2.29. The van der Waals surface area contributed by atoms with Gasteiger partial charge < -0.3 is 5.41 Å². The van der Waals surface area contributed by atoms with Gasteiger partial charge in [0.1, 0.15) is 0 Å². The van der Waals surface area contributed by atoms with Gasteiger partial charge in [0.05, 0.1) is 0 Å². The van der Waals surface area contributed by atoms with Crippen LogP contribution in [0.1, 0.15) is 38.3 Å². The highest BCUT2D eigenvalue weighted by atomic mass is 14.3. The van der Waals surface area contributed by atoms with Crippen LogP contribution >= 0.6 is 0 Å². The van der Waals surface area contributed by atoms with Crippen LogP contribution in [0.3, 0.4) is 0 Å². The maximum atomic E-state index is 7.16. The van der Waals surface area contributed by atoms with Gasteiger partial charge in [-0.15, -0.1) is 0 Å². The van der Waals surface area contributed by atoms with Crippen LogP contribution in [0.2, 0.25) is 0 Å². The van der Waals surface area contributed by atoms with Crippen molar-refractivity contribution in [3.05, 3.63) is 41.5 Å². The Labute approximate surface area is 87.0 Å². The van der Waals surface area contributed by atoms with Crippen LogP contribution in [0.4, 0.5) is 0 Å². The molecule has 1 nitrogen and oxygen atoms in total. The number of nitrogens with one attached hydrogen (secondary N) is 1. The fourth-order valence-electron chi connectivity index (χ4n) is 1.04. The van der Waals surface area contributed by atoms with Crippen molar-refractivity contribution >= 4 is 12.3 Å². The van der Waals surface area contributed by atoms with Gasteiger partial charge in [0.25, 0.3) is 0 Å². The minimum Gasteiger partial charge on any atom is -0.308 e. The molecule has 0 bridgehead atoms. The molecule has 0 atom stereocenters. The third kappa shape index (κ3) is 4.04. The van der Waals surface area contributed by atoms with Crippen LogP contribution in [0, 0.1) is 5.41 Å². The molecule has 1 aromatic rings. The fraction of sp³-hybridized carbons (Fsp3) is 0.308. The minimum absolute atomic E-state index is 0.974. The molecule has 0 radical (unpaired) electrons. The van der Waals surface area contributed by atoms with E-state index in [2.05, 4.69) is 19.1 Å². The second kappa shape index (κ2) is 8.24. The fourth-order valence-corrected chi connectivity index (χ4v) is 1.04. The Morgan fingerprint density at radius 3 is 2.21 bits per heavy atom. The summed E-state index contributed by atoms with van der Waals surface area (Å²) in [6, 6.07) is 7.90. The molecule has 0 aliphatic rings. The van der Waals surface area contributed by atoms with Crippen LogP contribution in [-0.4, -0.2) is 6.21 Å². The van der Waals surface area contributed by atoms with E-state index in [1.807, 2.05) is 38.1 Å². The maximum Gasteiger partial charge on any atom is 0.0256 e. The zero-order chi connectivity index (χ0) is 10.8. The summed E-state index contributed by atoms with van der Waals surface area (Å²) in [4.78, 5) is 0. The summed E-state index contributed by atoms with van der Waals surface area (Å²) in [5.74, 6) is 0. The first-order chi connectivity index (χ1) is 6.88. The van der Waals surface area contributed by atoms with Gasteiger partial charge in [-0.2, -0.15) is 0 Å². The molecule has 0 heterocycles. The summed E-state index contributed by atoms with van der Waals surface area (Å²) in [6.45, 7) is 6.10. The molecule has 0 unspecified atom stereocenters. The molecule has 1 aromatic carbocycles. The number of allylic oxidation sites excluding steroid dienone is 1. The minimum atomic E-state index is 0.974. The van der Waals surface area contributed by atoms with Gasteiger partial charge in [0.15, 0.2) is 0 Å². The highest BCUT2D eigenvalue weighted by molar-refractivity contribution is 5.83. The lowest BCUT2D eigenvalue weighted by molar-refractivity contribution is 1.23. The molecule has 0 amide bonds. The summed E-state index contributed by atoms with van der Waals surface area (Å²) in [7, 11) is 0. The van der Waals surface area contributed by atoms with Crippen LogP contribution in [0.5, 0.6) is 0 Å². The van der Waals surface area contributed by atoms with Crippen molar-refractivity contribution < 1.29 is 0 Å². The van der Waals surface area contributed by atoms with E-state index in [0.29, 0.717) is 0 Å². The van der Waals surface area contributed by atoms with Gasteiger partial charge >= 0.3 is 0 Å². The molecule has 1 N–H and O–H groups in total. The second-order valence-corrected chi connectivity index (χ2v) is 2.58. The Hall–Kier alpha value is -1.37. The Bertz CT molecular complexity index is 287. The van der Waals surface area contributed by atoms with Crippen LogP contribution in [0.25, 0.3) is 6.08 Å². The Kier molecular flexibility index (Phi) is 7.43. The quantitative estimate of drug-likeness (QED) is 0.691. The van der Waals surface area contributed by atoms with Crippen molar-refractivity contribution in [2.75, 3.05) is 0 Å². The van der Waals surface area contributed by atoms with E-state index in [9.17, 15) is 0 Å². The first-order valence-corrected chi connectivity index (χ1v) is 5.14. The molecule has 0 fully saturated rings. The lowest BCUT2D eigenvalue weighted by atomic mass is 10.1. The topological polar surface area (TPSA) is 23.9 Å². The molecular formula is C13H19N. The van der Waals surface area contributed by atoms with Crippen LogP contribution in [-0.2, 0) is 0 Å². The van der Waals surface area contributed by atoms with E-state index < -0.39 is 0 Å². The van der Waals surface area contributed by atoms with E-state index >= 15 is 0 Å². The number of hydrogen-bond acceptors (Lipinski definition) is 1. The predicted octanol–water partition coefficient (Wildman–Crippen LogP) is 4.13. The van der Waals surface area contributed by atoms with Crippen molar-refractivity contribution in [2.24, 2.45) is 0 Å². The molecule has 0 aliphatic heterocycles. The Morgan fingerprint density at radius 2 is 1.71 bits per heavy atom. The molecule has 1 heteroatoms. The van der Waals surface area contributed by atoms with Crippen molar-refractivity contribution in [1.82, 2.24) is 0 Å². The zero-order valence-electron chi connectivity index (χ0n) is 9.25. The zero-order valence-corrected chi connectivity index (χ0v) is 9.25. The summed E-state index contributed by atoms with van der Waals surface area (Å²) in [5, 5.41) is 7.16. The first kappa shape index (κ1) is 12.6. The molecule has 1 rings (SSSR count). The molecule has 0 saturated carbocycles. The van der Waals surface area contributed by atoms with Gasteiger partial charge in [-0.1, -0.05) is 57.2 Å². The van der Waals surface area contributed by atoms with E-state index in [1.54, 1.807) is 0 Å². The molecular weight excluding hydrogens is 170 g/mol. The van der Waals surface area contributed by atoms with E-state index in [4.69, 9.17) is 5.41 Å². The molecule has 76 valence electrons. The summed E-state index contributed by atoms with van der Waals surface area (Å²) in [5.41, 5.74) is 2.09. The third-order valence-corrected chi connectivity index (χ3v) is 1.68. The van der Waals surface area contributed by atoms with E-state index in [1.165, 1.54) is 6.21 Å². The van der Waals surface area contributed by atoms with Crippen LogP contribution in [0.15, 0.2) is 30.3 Å². The predicted molar refractivity (Wildman–Crippen MR) is 65.0 cm³/mol. The normalized spacial score (nSPS) is 9.36. The molecule has 0 saturated heterocycles. The van der Waals surface area contributed by atoms with Gasteiger partial charge in [0.2, 0.25) is 0 Å². The van der Waals surface area contributed by atoms with E-state index in [-0.39, 0.29) is 0 Å². The highest BCUT2D eigenvalue weighted by Gasteiger charge is 1.91. The van der Waals surface area contributed by atoms with E-state index in [0.717, 1.165) is 17.5 Å². The Morgan fingerprint density at radius 1 is 1.14 bits per heavy atom. The van der Waals surface area contributed by atoms with Crippen molar-refractivity contribution in [2.45, 2.75) is 27.2 Å².